The van der Waals surface area contributed by atoms with Gasteiger partial charge in [-0.05, 0) is 26.6 Å². The fourth-order valence-electron chi connectivity index (χ4n) is 1.23. The van der Waals surface area contributed by atoms with Crippen molar-refractivity contribution in [1.29, 1.82) is 0 Å². The Balaban J connectivity index is 3.51. The molecule has 0 aliphatic heterocycles. The molecule has 0 N–H and O–H groups in total. The first kappa shape index (κ1) is 11.9. The number of nitrogens with zero attached hydrogens (tertiary/aromatic N) is 2. The third kappa shape index (κ3) is 5.56. The van der Waals surface area contributed by atoms with Crippen LogP contribution in [0.5, 0.6) is 0 Å². The molecule has 0 saturated heterocycles. The molecular formula is C10H24N2. The summed E-state index contributed by atoms with van der Waals surface area (Å²) in [7, 11) is 4.35. The van der Waals surface area contributed by atoms with Gasteiger partial charge in [0.2, 0.25) is 0 Å². The van der Waals surface area contributed by atoms with Crippen molar-refractivity contribution < 1.29 is 0 Å². The van der Waals surface area contributed by atoms with Crippen LogP contribution in [0.3, 0.4) is 0 Å². The second-order valence-electron chi connectivity index (χ2n) is 3.87. The topological polar surface area (TPSA) is 6.48 Å². The molecule has 0 aliphatic rings. The summed E-state index contributed by atoms with van der Waals surface area (Å²) in [6.45, 7) is 10.2. The summed E-state index contributed by atoms with van der Waals surface area (Å²) in [6, 6.07) is 0. The highest BCUT2D eigenvalue weighted by atomic mass is 15.3. The Labute approximate surface area is 77.5 Å². The molecule has 0 saturated carbocycles. The van der Waals surface area contributed by atoms with Crippen molar-refractivity contribution in [2.45, 2.75) is 27.2 Å². The van der Waals surface area contributed by atoms with Crippen LogP contribution < -0.4 is 0 Å². The highest BCUT2D eigenvalue weighted by molar-refractivity contribution is 4.56. The van der Waals surface area contributed by atoms with Gasteiger partial charge >= 0.3 is 0 Å². The van der Waals surface area contributed by atoms with E-state index in [0.717, 1.165) is 19.1 Å². The van der Waals surface area contributed by atoms with Gasteiger partial charge in [0.1, 0.15) is 0 Å². The molecule has 0 fully saturated rings. The van der Waals surface area contributed by atoms with Crippen LogP contribution in [-0.2, 0) is 0 Å². The normalized spacial score (nSPS) is 14.2. The zero-order valence-corrected chi connectivity index (χ0v) is 9.30. The molecular weight excluding hydrogens is 148 g/mol. The average molecular weight is 172 g/mol. The van der Waals surface area contributed by atoms with Crippen molar-refractivity contribution in [2.75, 3.05) is 33.9 Å². The van der Waals surface area contributed by atoms with Crippen molar-refractivity contribution in [3.05, 3.63) is 0 Å². The van der Waals surface area contributed by atoms with E-state index in [0.29, 0.717) is 0 Å². The van der Waals surface area contributed by atoms with E-state index in [4.69, 9.17) is 0 Å². The van der Waals surface area contributed by atoms with Gasteiger partial charge in [-0.1, -0.05) is 27.2 Å². The first-order valence-corrected chi connectivity index (χ1v) is 4.97. The Hall–Kier alpha value is -0.0800. The van der Waals surface area contributed by atoms with Crippen LogP contribution in [0.25, 0.3) is 0 Å². The van der Waals surface area contributed by atoms with Gasteiger partial charge in [0.05, 0.1) is 6.67 Å². The van der Waals surface area contributed by atoms with Gasteiger partial charge in [-0.2, -0.15) is 0 Å². The van der Waals surface area contributed by atoms with Gasteiger partial charge in [0.15, 0.2) is 0 Å². The second kappa shape index (κ2) is 6.44. The minimum Gasteiger partial charge on any atom is -0.294 e. The Morgan fingerprint density at radius 3 is 2.08 bits per heavy atom. The molecule has 1 atom stereocenters. The molecule has 2 nitrogen and oxygen atoms in total. The Morgan fingerprint density at radius 2 is 1.67 bits per heavy atom. The molecule has 1 unspecified atom stereocenters. The SMILES string of the molecule is CCC(C)CN(C)CN(C)CC. The molecule has 0 heterocycles. The zero-order valence-electron chi connectivity index (χ0n) is 9.30. The summed E-state index contributed by atoms with van der Waals surface area (Å²) in [5, 5.41) is 0. The fourth-order valence-corrected chi connectivity index (χ4v) is 1.23. The average Bonchev–Trinajstić information content (AvgIpc) is 2.03. The third-order valence-electron chi connectivity index (χ3n) is 2.34. The van der Waals surface area contributed by atoms with E-state index in [1.807, 2.05) is 0 Å². The quantitative estimate of drug-likeness (QED) is 0.564. The summed E-state index contributed by atoms with van der Waals surface area (Å²) in [4.78, 5) is 4.71. The van der Waals surface area contributed by atoms with Crippen LogP contribution >= 0.6 is 0 Å². The second-order valence-corrected chi connectivity index (χ2v) is 3.87. The van der Waals surface area contributed by atoms with E-state index in [-0.39, 0.29) is 0 Å². The Bertz CT molecular complexity index is 92.0. The van der Waals surface area contributed by atoms with Crippen LogP contribution in [0.4, 0.5) is 0 Å². The highest BCUT2D eigenvalue weighted by Gasteiger charge is 2.05. The lowest BCUT2D eigenvalue weighted by molar-refractivity contribution is 0.170. The monoisotopic (exact) mass is 172 g/mol. The maximum absolute atomic E-state index is 2.39. The predicted molar refractivity (Wildman–Crippen MR) is 55.3 cm³/mol. The molecule has 12 heavy (non-hydrogen) atoms. The van der Waals surface area contributed by atoms with Gasteiger partial charge in [-0.15, -0.1) is 0 Å². The molecule has 0 spiro atoms. The fraction of sp³-hybridized carbons (Fsp3) is 1.00. The molecule has 0 aromatic heterocycles. The Morgan fingerprint density at radius 1 is 1.08 bits per heavy atom. The van der Waals surface area contributed by atoms with Gasteiger partial charge < -0.3 is 0 Å². The molecule has 0 aromatic carbocycles. The first-order valence-electron chi connectivity index (χ1n) is 4.97. The molecule has 0 aliphatic carbocycles. The maximum Gasteiger partial charge on any atom is 0.0500 e. The summed E-state index contributed by atoms with van der Waals surface area (Å²) < 4.78 is 0. The summed E-state index contributed by atoms with van der Waals surface area (Å²) >= 11 is 0. The minimum absolute atomic E-state index is 0.820. The lowest BCUT2D eigenvalue weighted by Crippen LogP contribution is -2.35. The van der Waals surface area contributed by atoms with Crippen LogP contribution in [0, 0.1) is 5.92 Å². The predicted octanol–water partition coefficient (Wildman–Crippen LogP) is 1.87. The molecule has 74 valence electrons. The molecule has 0 aromatic rings. The van der Waals surface area contributed by atoms with E-state index >= 15 is 0 Å². The first-order chi connectivity index (χ1) is 5.60. The van der Waals surface area contributed by atoms with Crippen LogP contribution in [0.2, 0.25) is 0 Å². The van der Waals surface area contributed by atoms with Gasteiger partial charge in [0, 0.05) is 6.54 Å². The van der Waals surface area contributed by atoms with Crippen LogP contribution in [0.15, 0.2) is 0 Å². The minimum atomic E-state index is 0.820. The number of hydrogen-bond acceptors (Lipinski definition) is 2. The number of hydrogen-bond donors (Lipinski definition) is 0. The summed E-state index contributed by atoms with van der Waals surface area (Å²) in [5.41, 5.74) is 0. The standard InChI is InChI=1S/C10H24N2/c1-6-10(3)8-12(5)9-11(4)7-2/h10H,6-9H2,1-5H3. The van der Waals surface area contributed by atoms with Gasteiger partial charge in [0.25, 0.3) is 0 Å². The summed E-state index contributed by atoms with van der Waals surface area (Å²) in [5.74, 6) is 0.820. The van der Waals surface area contributed by atoms with Crippen LogP contribution in [0.1, 0.15) is 27.2 Å². The van der Waals surface area contributed by atoms with E-state index in [2.05, 4.69) is 44.7 Å². The van der Waals surface area contributed by atoms with Crippen molar-refractivity contribution in [2.24, 2.45) is 5.92 Å². The summed E-state index contributed by atoms with van der Waals surface area (Å²) in [6.07, 6.45) is 1.28. The molecule has 0 rings (SSSR count). The van der Waals surface area contributed by atoms with E-state index < -0.39 is 0 Å². The van der Waals surface area contributed by atoms with Crippen molar-refractivity contribution in [1.82, 2.24) is 9.80 Å². The molecule has 0 radical (unpaired) electrons. The molecule has 0 bridgehead atoms. The van der Waals surface area contributed by atoms with Gasteiger partial charge in [-0.25, -0.2) is 0 Å². The maximum atomic E-state index is 2.39. The van der Waals surface area contributed by atoms with E-state index in [1.165, 1.54) is 13.0 Å². The molecule has 0 amide bonds. The van der Waals surface area contributed by atoms with Crippen molar-refractivity contribution >= 4 is 0 Å². The lowest BCUT2D eigenvalue weighted by Gasteiger charge is -2.25. The number of rotatable bonds is 6. The lowest BCUT2D eigenvalue weighted by atomic mass is 10.1. The zero-order chi connectivity index (χ0) is 9.56. The van der Waals surface area contributed by atoms with E-state index in [1.54, 1.807) is 0 Å². The van der Waals surface area contributed by atoms with Gasteiger partial charge in [-0.3, -0.25) is 9.80 Å². The Kier molecular flexibility index (Phi) is 6.39. The smallest absolute Gasteiger partial charge is 0.0500 e. The largest absolute Gasteiger partial charge is 0.294 e. The third-order valence-corrected chi connectivity index (χ3v) is 2.34. The van der Waals surface area contributed by atoms with E-state index in [9.17, 15) is 0 Å². The van der Waals surface area contributed by atoms with Crippen molar-refractivity contribution in [3.8, 4) is 0 Å². The van der Waals surface area contributed by atoms with Crippen LogP contribution in [-0.4, -0.2) is 43.7 Å². The highest BCUT2D eigenvalue weighted by Crippen LogP contribution is 2.02. The van der Waals surface area contributed by atoms with Crippen molar-refractivity contribution in [3.63, 3.8) is 0 Å². The molecule has 2 heteroatoms.